The van der Waals surface area contributed by atoms with Gasteiger partial charge in [-0.3, -0.25) is 0 Å². The monoisotopic (exact) mass is 506 g/mol. The molecule has 2 amide bonds. The molecule has 2 aromatic carbocycles. The predicted molar refractivity (Wildman–Crippen MR) is 134 cm³/mol. The lowest BCUT2D eigenvalue weighted by molar-refractivity contribution is -0.149. The van der Waals surface area contributed by atoms with Crippen LogP contribution in [-0.2, 0) is 16.0 Å². The van der Waals surface area contributed by atoms with Crippen molar-refractivity contribution in [2.45, 2.75) is 58.5 Å². The number of rotatable bonds is 16. The van der Waals surface area contributed by atoms with E-state index in [0.717, 1.165) is 49.8 Å². The maximum atomic E-state index is 14.0. The lowest BCUT2D eigenvalue weighted by atomic mass is 10.1. The van der Waals surface area contributed by atoms with Gasteiger partial charge in [0.2, 0.25) is 0 Å². The van der Waals surface area contributed by atoms with Crippen molar-refractivity contribution in [3.8, 4) is 5.75 Å². The van der Waals surface area contributed by atoms with E-state index in [9.17, 15) is 23.5 Å². The topological polar surface area (TPSA) is 88.1 Å². The number of benzene rings is 2. The first kappa shape index (κ1) is 29.0. The molecular formula is C27H36F2N2O5. The summed E-state index contributed by atoms with van der Waals surface area (Å²) in [6, 6.07) is 9.57. The standard InChI is InChI=1S/C27H36F2N2O5/c1-3-5-6-7-8-15-31(27(34)30-24-14-11-21(28)19-23(24)29)16-17-36-22-12-9-20(10-13-22)18-25(26(32)33)35-4-2/h9-14,19,25H,3-8,15-18H2,1-2H3,(H,30,34)(H,32,33)/t25-/m1/s1. The summed E-state index contributed by atoms with van der Waals surface area (Å²) >= 11 is 0. The predicted octanol–water partition coefficient (Wildman–Crippen LogP) is 5.88. The van der Waals surface area contributed by atoms with Crippen molar-refractivity contribution < 1.29 is 33.0 Å². The molecule has 0 spiro atoms. The van der Waals surface area contributed by atoms with Crippen LogP contribution >= 0.6 is 0 Å². The molecule has 0 saturated carbocycles. The summed E-state index contributed by atoms with van der Waals surface area (Å²) in [5.74, 6) is -1.98. The molecule has 0 aliphatic carbocycles. The summed E-state index contributed by atoms with van der Waals surface area (Å²) in [6.07, 6.45) is 4.44. The molecule has 7 nitrogen and oxygen atoms in total. The number of nitrogens with zero attached hydrogens (tertiary/aromatic N) is 1. The van der Waals surface area contributed by atoms with E-state index in [1.807, 2.05) is 0 Å². The van der Waals surface area contributed by atoms with Gasteiger partial charge in [-0.05, 0) is 43.2 Å². The number of hydrogen-bond donors (Lipinski definition) is 2. The van der Waals surface area contributed by atoms with Gasteiger partial charge in [0, 0.05) is 25.6 Å². The Morgan fingerprint density at radius 2 is 1.72 bits per heavy atom. The van der Waals surface area contributed by atoms with Crippen molar-refractivity contribution in [2.75, 3.05) is 31.6 Å². The fraction of sp³-hybridized carbons (Fsp3) is 0.481. The highest BCUT2D eigenvalue weighted by Crippen LogP contribution is 2.17. The van der Waals surface area contributed by atoms with Gasteiger partial charge < -0.3 is 24.8 Å². The fourth-order valence-corrected chi connectivity index (χ4v) is 3.63. The molecule has 0 aliphatic heterocycles. The zero-order valence-electron chi connectivity index (χ0n) is 21.0. The van der Waals surface area contributed by atoms with E-state index in [-0.39, 0.29) is 25.3 Å². The highest BCUT2D eigenvalue weighted by atomic mass is 19.1. The van der Waals surface area contributed by atoms with E-state index in [0.29, 0.717) is 18.9 Å². The number of unbranched alkanes of at least 4 members (excludes halogenated alkanes) is 4. The number of ether oxygens (including phenoxy) is 2. The Labute approximate surface area is 211 Å². The van der Waals surface area contributed by atoms with Gasteiger partial charge in [-0.25, -0.2) is 18.4 Å². The first-order chi connectivity index (χ1) is 17.3. The van der Waals surface area contributed by atoms with Crippen LogP contribution in [0.25, 0.3) is 0 Å². The Hall–Kier alpha value is -3.20. The average Bonchev–Trinajstić information content (AvgIpc) is 2.85. The fourth-order valence-electron chi connectivity index (χ4n) is 3.63. The molecule has 9 heteroatoms. The molecule has 0 fully saturated rings. The molecule has 2 aromatic rings. The summed E-state index contributed by atoms with van der Waals surface area (Å²) in [7, 11) is 0. The second-order valence-corrected chi connectivity index (χ2v) is 8.43. The lowest BCUT2D eigenvalue weighted by Crippen LogP contribution is -2.38. The second-order valence-electron chi connectivity index (χ2n) is 8.43. The van der Waals surface area contributed by atoms with Gasteiger partial charge in [-0.15, -0.1) is 0 Å². The second kappa shape index (κ2) is 15.7. The molecule has 0 saturated heterocycles. The third-order valence-electron chi connectivity index (χ3n) is 5.61. The van der Waals surface area contributed by atoms with Crippen molar-refractivity contribution >= 4 is 17.7 Å². The molecule has 2 rings (SSSR count). The molecule has 0 radical (unpaired) electrons. The average molecular weight is 507 g/mol. The van der Waals surface area contributed by atoms with Crippen LogP contribution in [0.4, 0.5) is 19.3 Å². The van der Waals surface area contributed by atoms with E-state index in [1.165, 1.54) is 6.07 Å². The third kappa shape index (κ3) is 10.2. The van der Waals surface area contributed by atoms with Crippen LogP contribution < -0.4 is 10.1 Å². The number of amides is 2. The maximum absolute atomic E-state index is 14.0. The number of carboxylic acid groups (broad SMARTS) is 1. The van der Waals surface area contributed by atoms with Crippen molar-refractivity contribution in [2.24, 2.45) is 0 Å². The number of nitrogens with one attached hydrogen (secondary N) is 1. The zero-order chi connectivity index (χ0) is 26.3. The van der Waals surface area contributed by atoms with Crippen LogP contribution in [0.5, 0.6) is 5.75 Å². The number of carbonyl (C=O) groups is 2. The van der Waals surface area contributed by atoms with Crippen LogP contribution in [0.15, 0.2) is 42.5 Å². The molecule has 0 heterocycles. The number of aliphatic carboxylic acids is 1. The first-order valence-corrected chi connectivity index (χ1v) is 12.4. The van der Waals surface area contributed by atoms with Crippen LogP contribution in [0.3, 0.4) is 0 Å². The Balaban J connectivity index is 1.93. The Bertz CT molecular complexity index is 956. The van der Waals surface area contributed by atoms with Crippen molar-refractivity contribution in [3.05, 3.63) is 59.7 Å². The normalized spacial score (nSPS) is 11.7. The number of carboxylic acids is 1. The maximum Gasteiger partial charge on any atom is 0.333 e. The molecular weight excluding hydrogens is 470 g/mol. The molecule has 36 heavy (non-hydrogen) atoms. The molecule has 0 aromatic heterocycles. The summed E-state index contributed by atoms with van der Waals surface area (Å²) in [5, 5.41) is 11.7. The molecule has 198 valence electrons. The molecule has 0 unspecified atom stereocenters. The van der Waals surface area contributed by atoms with Crippen LogP contribution in [-0.4, -0.2) is 54.4 Å². The van der Waals surface area contributed by atoms with Crippen LogP contribution in [0.2, 0.25) is 0 Å². The Morgan fingerprint density at radius 1 is 1.00 bits per heavy atom. The lowest BCUT2D eigenvalue weighted by Gasteiger charge is -2.23. The summed E-state index contributed by atoms with van der Waals surface area (Å²) < 4.78 is 38.2. The third-order valence-corrected chi connectivity index (χ3v) is 5.61. The van der Waals surface area contributed by atoms with Gasteiger partial charge in [0.1, 0.15) is 24.0 Å². The molecule has 2 N–H and O–H groups in total. The number of halogens is 2. The minimum absolute atomic E-state index is 0.0828. The van der Waals surface area contributed by atoms with Gasteiger partial charge in [-0.2, -0.15) is 0 Å². The molecule has 0 bridgehead atoms. The van der Waals surface area contributed by atoms with Gasteiger partial charge in [0.15, 0.2) is 6.10 Å². The highest BCUT2D eigenvalue weighted by Gasteiger charge is 2.18. The molecule has 1 atom stereocenters. The van der Waals surface area contributed by atoms with Crippen molar-refractivity contribution in [1.29, 1.82) is 0 Å². The minimum atomic E-state index is -1.01. The van der Waals surface area contributed by atoms with Crippen molar-refractivity contribution in [3.63, 3.8) is 0 Å². The SMILES string of the molecule is CCCCCCCN(CCOc1ccc(C[C@@H](OCC)C(=O)O)cc1)C(=O)Nc1ccc(F)cc1F. The van der Waals surface area contributed by atoms with E-state index in [2.05, 4.69) is 12.2 Å². The number of carbonyl (C=O) groups excluding carboxylic acids is 1. The summed E-state index contributed by atoms with van der Waals surface area (Å²) in [6.45, 7) is 5.16. The van der Waals surface area contributed by atoms with Gasteiger partial charge in [0.25, 0.3) is 0 Å². The minimum Gasteiger partial charge on any atom is -0.492 e. The first-order valence-electron chi connectivity index (χ1n) is 12.4. The quantitative estimate of drug-likeness (QED) is 0.278. The van der Waals surface area contributed by atoms with Gasteiger partial charge in [-0.1, -0.05) is 44.7 Å². The zero-order valence-corrected chi connectivity index (χ0v) is 21.0. The molecule has 0 aliphatic rings. The van der Waals surface area contributed by atoms with Crippen LogP contribution in [0.1, 0.15) is 51.5 Å². The number of anilines is 1. The van der Waals surface area contributed by atoms with E-state index in [4.69, 9.17) is 9.47 Å². The Morgan fingerprint density at radius 3 is 2.36 bits per heavy atom. The number of hydrogen-bond acceptors (Lipinski definition) is 4. The smallest absolute Gasteiger partial charge is 0.333 e. The van der Waals surface area contributed by atoms with E-state index >= 15 is 0 Å². The highest BCUT2D eigenvalue weighted by molar-refractivity contribution is 5.89. The van der Waals surface area contributed by atoms with Crippen molar-refractivity contribution in [1.82, 2.24) is 4.90 Å². The summed E-state index contributed by atoms with van der Waals surface area (Å²) in [5.41, 5.74) is 0.721. The van der Waals surface area contributed by atoms with Gasteiger partial charge in [0.05, 0.1) is 12.2 Å². The Kier molecular flexibility index (Phi) is 12.7. The van der Waals surface area contributed by atoms with Crippen LogP contribution in [0, 0.1) is 11.6 Å². The van der Waals surface area contributed by atoms with Gasteiger partial charge >= 0.3 is 12.0 Å². The number of urea groups is 1. The largest absolute Gasteiger partial charge is 0.492 e. The van der Waals surface area contributed by atoms with E-state index < -0.39 is 29.7 Å². The summed E-state index contributed by atoms with van der Waals surface area (Å²) in [4.78, 5) is 25.6. The van der Waals surface area contributed by atoms with E-state index in [1.54, 1.807) is 36.1 Å².